The van der Waals surface area contributed by atoms with Crippen molar-refractivity contribution in [3.05, 3.63) is 71.3 Å². The molecule has 0 spiro atoms. The van der Waals surface area contributed by atoms with Crippen LogP contribution in [-0.4, -0.2) is 6.54 Å². The minimum atomic E-state index is -4.46. The fourth-order valence-electron chi connectivity index (χ4n) is 1.88. The van der Waals surface area contributed by atoms with Gasteiger partial charge in [-0.1, -0.05) is 48.5 Å². The molecule has 0 amide bonds. The van der Waals surface area contributed by atoms with Gasteiger partial charge in [-0.2, -0.15) is 13.2 Å². The Morgan fingerprint density at radius 3 is 2.38 bits per heavy atom. The van der Waals surface area contributed by atoms with Crippen molar-refractivity contribution >= 4 is 22.9 Å². The van der Waals surface area contributed by atoms with Gasteiger partial charge in [-0.15, -0.1) is 0 Å². The second-order valence-corrected chi connectivity index (χ2v) is 4.95. The molecule has 21 heavy (non-hydrogen) atoms. The molecule has 2 aromatic rings. The van der Waals surface area contributed by atoms with Gasteiger partial charge in [0, 0.05) is 17.3 Å². The van der Waals surface area contributed by atoms with Crippen LogP contribution in [0.3, 0.4) is 0 Å². The van der Waals surface area contributed by atoms with E-state index in [-0.39, 0.29) is 17.3 Å². The number of alkyl halides is 3. The van der Waals surface area contributed by atoms with Crippen molar-refractivity contribution < 1.29 is 13.2 Å². The minimum absolute atomic E-state index is 0.0102. The number of nitrogens with one attached hydrogen (secondary N) is 1. The third-order valence-corrected chi connectivity index (χ3v) is 3.20. The van der Waals surface area contributed by atoms with E-state index in [2.05, 4.69) is 11.9 Å². The summed E-state index contributed by atoms with van der Waals surface area (Å²) in [5, 5.41) is 2.82. The molecule has 0 saturated carbocycles. The molecular formula is C16H13ClF3N. The molecule has 1 N–H and O–H groups in total. The van der Waals surface area contributed by atoms with Crippen molar-refractivity contribution in [2.45, 2.75) is 6.18 Å². The Bertz CT molecular complexity index is 636. The van der Waals surface area contributed by atoms with Gasteiger partial charge in [0.05, 0.1) is 5.56 Å². The van der Waals surface area contributed by atoms with E-state index in [0.29, 0.717) is 5.57 Å². The summed E-state index contributed by atoms with van der Waals surface area (Å²) < 4.78 is 38.9. The minimum Gasteiger partial charge on any atom is -0.380 e. The van der Waals surface area contributed by atoms with E-state index in [4.69, 9.17) is 11.6 Å². The zero-order chi connectivity index (χ0) is 15.5. The maximum atomic E-state index is 13.0. The average Bonchev–Trinajstić information content (AvgIpc) is 2.45. The third-order valence-electron chi connectivity index (χ3n) is 2.96. The fraction of sp³-hybridized carbons (Fsp3) is 0.125. The lowest BCUT2D eigenvalue weighted by molar-refractivity contribution is -0.136. The monoisotopic (exact) mass is 311 g/mol. The van der Waals surface area contributed by atoms with Crippen LogP contribution in [-0.2, 0) is 6.18 Å². The smallest absolute Gasteiger partial charge is 0.380 e. The van der Waals surface area contributed by atoms with Crippen LogP contribution >= 0.6 is 11.6 Å². The molecule has 0 bridgehead atoms. The van der Waals surface area contributed by atoms with E-state index in [1.54, 1.807) is 0 Å². The maximum absolute atomic E-state index is 13.0. The Kier molecular flexibility index (Phi) is 4.58. The highest BCUT2D eigenvalue weighted by Gasteiger charge is 2.33. The lowest BCUT2D eigenvalue weighted by Crippen LogP contribution is -2.12. The van der Waals surface area contributed by atoms with Gasteiger partial charge < -0.3 is 5.32 Å². The first-order valence-corrected chi connectivity index (χ1v) is 6.59. The van der Waals surface area contributed by atoms with Crippen molar-refractivity contribution in [3.8, 4) is 0 Å². The molecule has 0 aliphatic rings. The molecule has 1 nitrogen and oxygen atoms in total. The van der Waals surface area contributed by atoms with Crippen LogP contribution < -0.4 is 5.32 Å². The number of hydrogen-bond acceptors (Lipinski definition) is 1. The van der Waals surface area contributed by atoms with Gasteiger partial charge in [-0.25, -0.2) is 0 Å². The predicted octanol–water partition coefficient (Wildman–Crippen LogP) is 5.48. The van der Waals surface area contributed by atoms with E-state index in [1.165, 1.54) is 12.1 Å². The molecule has 0 fully saturated rings. The molecule has 0 radical (unpaired) electrons. The number of benzene rings is 2. The highest BCUT2D eigenvalue weighted by atomic mass is 35.5. The molecule has 0 atom stereocenters. The Morgan fingerprint density at radius 2 is 1.76 bits per heavy atom. The topological polar surface area (TPSA) is 12.0 Å². The summed E-state index contributed by atoms with van der Waals surface area (Å²) in [6.45, 7) is 4.10. The molecule has 2 rings (SSSR count). The first-order valence-electron chi connectivity index (χ1n) is 6.22. The largest absolute Gasteiger partial charge is 0.418 e. The van der Waals surface area contributed by atoms with Crippen molar-refractivity contribution in [2.24, 2.45) is 0 Å². The SMILES string of the molecule is C=C(CNc1ccc(Cl)cc1C(F)(F)F)c1ccccc1. The van der Waals surface area contributed by atoms with E-state index < -0.39 is 11.7 Å². The molecule has 5 heteroatoms. The van der Waals surface area contributed by atoms with Crippen LogP contribution in [0.25, 0.3) is 5.57 Å². The maximum Gasteiger partial charge on any atom is 0.418 e. The van der Waals surface area contributed by atoms with Crippen LogP contribution in [0, 0.1) is 0 Å². The summed E-state index contributed by atoms with van der Waals surface area (Å²) in [4.78, 5) is 0. The fourth-order valence-corrected chi connectivity index (χ4v) is 2.06. The standard InChI is InChI=1S/C16H13ClF3N/c1-11(12-5-3-2-4-6-12)10-21-15-8-7-13(17)9-14(15)16(18,19)20/h2-9,21H,1,10H2. The Morgan fingerprint density at radius 1 is 1.10 bits per heavy atom. The van der Waals surface area contributed by atoms with Gasteiger partial charge in [0.1, 0.15) is 0 Å². The van der Waals surface area contributed by atoms with Crippen LogP contribution in [0.1, 0.15) is 11.1 Å². The van der Waals surface area contributed by atoms with E-state index in [9.17, 15) is 13.2 Å². The van der Waals surface area contributed by atoms with E-state index in [0.717, 1.165) is 11.6 Å². The quantitative estimate of drug-likeness (QED) is 0.788. The van der Waals surface area contributed by atoms with Crippen LogP contribution in [0.15, 0.2) is 55.1 Å². The van der Waals surface area contributed by atoms with Gasteiger partial charge >= 0.3 is 6.18 Å². The molecule has 2 aromatic carbocycles. The summed E-state index contributed by atoms with van der Waals surface area (Å²) in [6.07, 6.45) is -4.46. The zero-order valence-electron chi connectivity index (χ0n) is 11.0. The number of halogens is 4. The molecule has 0 unspecified atom stereocenters. The normalized spacial score (nSPS) is 11.2. The zero-order valence-corrected chi connectivity index (χ0v) is 11.8. The molecule has 0 aromatic heterocycles. The van der Waals surface area contributed by atoms with E-state index in [1.807, 2.05) is 30.3 Å². The average molecular weight is 312 g/mol. The lowest BCUT2D eigenvalue weighted by Gasteiger charge is -2.16. The second kappa shape index (κ2) is 6.22. The molecule has 0 aliphatic carbocycles. The number of rotatable bonds is 4. The van der Waals surface area contributed by atoms with Crippen molar-refractivity contribution in [1.82, 2.24) is 0 Å². The Hall–Kier alpha value is -1.94. The van der Waals surface area contributed by atoms with Gasteiger partial charge in [-0.05, 0) is 29.3 Å². The number of hydrogen-bond donors (Lipinski definition) is 1. The van der Waals surface area contributed by atoms with Crippen molar-refractivity contribution in [3.63, 3.8) is 0 Å². The first kappa shape index (κ1) is 15.4. The molecular weight excluding hydrogens is 299 g/mol. The van der Waals surface area contributed by atoms with Crippen LogP contribution in [0.2, 0.25) is 5.02 Å². The van der Waals surface area contributed by atoms with Gasteiger partial charge in [0.15, 0.2) is 0 Å². The molecule has 0 heterocycles. The summed E-state index contributed by atoms with van der Waals surface area (Å²) in [5.41, 5.74) is 0.797. The number of anilines is 1. The van der Waals surface area contributed by atoms with Crippen molar-refractivity contribution in [2.75, 3.05) is 11.9 Å². The second-order valence-electron chi connectivity index (χ2n) is 4.51. The summed E-state index contributed by atoms with van der Waals surface area (Å²) in [5.74, 6) is 0. The first-order chi connectivity index (χ1) is 9.88. The molecule has 110 valence electrons. The van der Waals surface area contributed by atoms with Crippen molar-refractivity contribution in [1.29, 1.82) is 0 Å². The van der Waals surface area contributed by atoms with E-state index >= 15 is 0 Å². The summed E-state index contributed by atoms with van der Waals surface area (Å²) in [7, 11) is 0. The highest BCUT2D eigenvalue weighted by molar-refractivity contribution is 6.30. The Labute approximate surface area is 126 Å². The lowest BCUT2D eigenvalue weighted by atomic mass is 10.1. The third kappa shape index (κ3) is 4.02. The van der Waals surface area contributed by atoms with Gasteiger partial charge in [0.2, 0.25) is 0 Å². The molecule has 0 aliphatic heterocycles. The summed E-state index contributed by atoms with van der Waals surface area (Å²) in [6, 6.07) is 12.9. The highest BCUT2D eigenvalue weighted by Crippen LogP contribution is 2.36. The predicted molar refractivity (Wildman–Crippen MR) is 80.4 cm³/mol. The Balaban J connectivity index is 2.16. The van der Waals surface area contributed by atoms with Gasteiger partial charge in [-0.3, -0.25) is 0 Å². The van der Waals surface area contributed by atoms with Crippen LogP contribution in [0.4, 0.5) is 18.9 Å². The summed E-state index contributed by atoms with van der Waals surface area (Å²) >= 11 is 5.64. The van der Waals surface area contributed by atoms with Gasteiger partial charge in [0.25, 0.3) is 0 Å². The van der Waals surface area contributed by atoms with Crippen LogP contribution in [0.5, 0.6) is 0 Å². The molecule has 0 saturated heterocycles.